The van der Waals surface area contributed by atoms with Crippen LogP contribution in [0.5, 0.6) is 0 Å². The Kier molecular flexibility index (Phi) is 15.0. The highest BCUT2D eigenvalue weighted by atomic mass is 31.2. The van der Waals surface area contributed by atoms with Crippen molar-refractivity contribution in [2.75, 3.05) is 40.8 Å². The summed E-state index contributed by atoms with van der Waals surface area (Å²) in [6.45, 7) is 0. The van der Waals surface area contributed by atoms with E-state index < -0.39 is 26.5 Å². The van der Waals surface area contributed by atoms with Crippen LogP contribution in [0, 0.1) is 0 Å². The molecule has 0 N–H and O–H groups in total. The Hall–Kier alpha value is -4.96. The molecule has 0 unspecified atom stereocenters. The van der Waals surface area contributed by atoms with E-state index >= 15 is 0 Å². The van der Waals surface area contributed by atoms with Crippen LogP contribution in [0.4, 0.5) is 0 Å². The Bertz CT molecular complexity index is 1590. The van der Waals surface area contributed by atoms with Crippen molar-refractivity contribution in [2.45, 2.75) is 0 Å². The molecule has 0 aliphatic rings. The molecule has 0 heterocycles. The van der Waals surface area contributed by atoms with Gasteiger partial charge in [0.2, 0.25) is 0 Å². The van der Waals surface area contributed by atoms with Gasteiger partial charge in [0, 0.05) is 0 Å². The first-order valence-corrected chi connectivity index (χ1v) is 20.9. The van der Waals surface area contributed by atoms with E-state index in [9.17, 15) is 0 Å². The third-order valence-corrected chi connectivity index (χ3v) is 17.4. The van der Waals surface area contributed by atoms with Gasteiger partial charge in [0.05, 0.1) is 11.9 Å². The molecule has 0 aromatic heterocycles. The van der Waals surface area contributed by atoms with Crippen molar-refractivity contribution in [3.8, 4) is 0 Å². The molecule has 0 aliphatic carbocycles. The molecule has 0 radical (unpaired) electrons. The molecule has 0 fully saturated rings. The van der Waals surface area contributed by atoms with Crippen LogP contribution in [-0.4, -0.2) is 62.5 Å². The van der Waals surface area contributed by atoms with Crippen molar-refractivity contribution in [3.05, 3.63) is 182 Å². The third-order valence-electron chi connectivity index (χ3n) is 8.34. The maximum atomic E-state index is 8.93. The average molecular weight is 729 g/mol. The number of carbonyl (C=O) groups excluding carboxylic acids is 2. The number of rotatable bonds is 10. The molecule has 6 aromatic rings. The fraction of sp³-hybridized carbons (Fsp3) is 0.136. The minimum atomic E-state index is -2.19. The van der Waals surface area contributed by atoms with Crippen LogP contribution in [0.25, 0.3) is 0 Å². The summed E-state index contributed by atoms with van der Waals surface area (Å²) in [5, 5.41) is 26.5. The zero-order valence-electron chi connectivity index (χ0n) is 30.2. The van der Waals surface area contributed by atoms with Gasteiger partial charge >= 0.3 is 0 Å². The first kappa shape index (κ1) is 39.8. The molecule has 6 rings (SSSR count). The minimum Gasteiger partial charge on any atom is -0.543 e. The molecule has 0 aliphatic heterocycles. The summed E-state index contributed by atoms with van der Waals surface area (Å²) >= 11 is 0. The van der Waals surface area contributed by atoms with Crippen LogP contribution in [0.15, 0.2) is 182 Å². The molecule has 52 heavy (non-hydrogen) atoms. The fourth-order valence-corrected chi connectivity index (χ4v) is 14.9. The van der Waals surface area contributed by atoms with E-state index in [1.54, 1.807) is 0 Å². The largest absolute Gasteiger partial charge is 0.543 e. The Labute approximate surface area is 309 Å². The second-order valence-electron chi connectivity index (χ2n) is 12.6. The molecule has 0 spiro atoms. The number of hydrogen-bond acceptors (Lipinski definition) is 6. The van der Waals surface area contributed by atoms with Gasteiger partial charge < -0.3 is 19.8 Å². The molecule has 6 aromatic carbocycles. The van der Waals surface area contributed by atoms with Crippen LogP contribution in [0.3, 0.4) is 0 Å². The molecule has 0 bridgehead atoms. The lowest BCUT2D eigenvalue weighted by atomic mass is 10.4. The number of hydrogen-bond donors (Lipinski definition) is 0. The highest BCUT2D eigenvalue weighted by Crippen LogP contribution is 2.56. The van der Waals surface area contributed by atoms with Gasteiger partial charge in [0.25, 0.3) is 0 Å². The Morgan fingerprint density at radius 1 is 0.365 bits per heavy atom. The van der Waals surface area contributed by atoms with Crippen molar-refractivity contribution in [1.82, 2.24) is 9.80 Å². The Morgan fingerprint density at radius 2 is 0.519 bits per heavy atom. The number of nitrogens with zero attached hydrogens (tertiary/aromatic N) is 2. The lowest BCUT2D eigenvalue weighted by Crippen LogP contribution is -2.42. The van der Waals surface area contributed by atoms with Gasteiger partial charge in [-0.15, -0.1) is 0 Å². The van der Waals surface area contributed by atoms with Crippen LogP contribution in [0.2, 0.25) is 0 Å². The smallest absolute Gasteiger partial charge is 0.126 e. The average Bonchev–Trinajstić information content (AvgIpc) is 3.18. The summed E-state index contributed by atoms with van der Waals surface area (Å²) in [6, 6.07) is 66.0. The van der Waals surface area contributed by atoms with Gasteiger partial charge in [-0.3, -0.25) is 9.80 Å². The molecular formula is C44H46N2O4P2. The summed E-state index contributed by atoms with van der Waals surface area (Å²) in [5.74, 6) is -4.37. The summed E-state index contributed by atoms with van der Waals surface area (Å²) < 4.78 is 0. The fourth-order valence-electron chi connectivity index (χ4n) is 6.33. The maximum Gasteiger partial charge on any atom is 0.126 e. The summed E-state index contributed by atoms with van der Waals surface area (Å²) in [4.78, 5) is 22.5. The standard InChI is InChI=1S/2C21H23NP.C2H2O4/c2*1-22(2)18-23(19-12-6-3-7-13-19,20-14-8-4-9-15-20)21-16-10-5-11-17-21;3-1(4)2(5)6/h2*3-17H,18H2,1-2H3;(H,3,4)(H,5,6)/q2*+1;/p-2. The highest BCUT2D eigenvalue weighted by molar-refractivity contribution is 7.96. The molecular weight excluding hydrogens is 682 g/mol. The van der Waals surface area contributed by atoms with E-state index in [0.717, 1.165) is 12.6 Å². The highest BCUT2D eigenvalue weighted by Gasteiger charge is 2.46. The summed E-state index contributed by atoms with van der Waals surface area (Å²) in [5.41, 5.74) is 0. The third kappa shape index (κ3) is 10.1. The number of carbonyl (C=O) groups is 2. The van der Waals surface area contributed by atoms with Gasteiger partial charge in [-0.25, -0.2) is 0 Å². The van der Waals surface area contributed by atoms with Crippen LogP contribution < -0.4 is 42.0 Å². The zero-order valence-corrected chi connectivity index (χ0v) is 31.9. The van der Waals surface area contributed by atoms with Gasteiger partial charge in [0.1, 0.15) is 58.9 Å². The van der Waals surface area contributed by atoms with Crippen LogP contribution in [0.1, 0.15) is 0 Å². The van der Waals surface area contributed by atoms with Gasteiger partial charge in [0.15, 0.2) is 0 Å². The summed E-state index contributed by atoms with van der Waals surface area (Å²) in [7, 11) is 5.31. The molecule has 6 nitrogen and oxygen atoms in total. The molecule has 0 saturated heterocycles. The molecule has 0 amide bonds. The van der Waals surface area contributed by atoms with E-state index in [2.05, 4.69) is 220 Å². The predicted molar refractivity (Wildman–Crippen MR) is 217 cm³/mol. The summed E-state index contributed by atoms with van der Waals surface area (Å²) in [6.07, 6.45) is 2.07. The molecule has 0 atom stereocenters. The monoisotopic (exact) mass is 728 g/mol. The first-order valence-electron chi connectivity index (χ1n) is 16.9. The number of aliphatic carboxylic acids is 2. The van der Waals surface area contributed by atoms with E-state index in [1.807, 2.05) is 0 Å². The first-order chi connectivity index (χ1) is 25.1. The van der Waals surface area contributed by atoms with E-state index in [-0.39, 0.29) is 0 Å². The zero-order chi connectivity index (χ0) is 37.4. The normalized spacial score (nSPS) is 11.1. The number of benzene rings is 6. The predicted octanol–water partition coefficient (Wildman–Crippen LogP) is 3.49. The van der Waals surface area contributed by atoms with Crippen molar-refractivity contribution >= 4 is 58.3 Å². The van der Waals surface area contributed by atoms with Gasteiger partial charge in [-0.2, -0.15) is 0 Å². The van der Waals surface area contributed by atoms with Crippen molar-refractivity contribution in [3.63, 3.8) is 0 Å². The number of carboxylic acid groups (broad SMARTS) is 2. The van der Waals surface area contributed by atoms with E-state index in [0.29, 0.717) is 0 Å². The van der Waals surface area contributed by atoms with Crippen molar-refractivity contribution < 1.29 is 19.8 Å². The van der Waals surface area contributed by atoms with Crippen LogP contribution in [-0.2, 0) is 9.59 Å². The Balaban J connectivity index is 0.000000202. The molecule has 266 valence electrons. The number of carboxylic acids is 2. The Morgan fingerprint density at radius 3 is 0.635 bits per heavy atom. The lowest BCUT2D eigenvalue weighted by Gasteiger charge is -2.29. The molecule has 8 heteroatoms. The second kappa shape index (κ2) is 19.6. The van der Waals surface area contributed by atoms with E-state index in [1.165, 1.54) is 31.8 Å². The SMILES string of the molecule is CN(C)C[P+](c1ccccc1)(c1ccccc1)c1ccccc1.CN(C)C[P+](c1ccccc1)(c1ccccc1)c1ccccc1.O=C([O-])C(=O)[O-]. The topological polar surface area (TPSA) is 86.7 Å². The second-order valence-corrected chi connectivity index (χ2v) is 19.6. The minimum absolute atomic E-state index is 1.03. The van der Waals surface area contributed by atoms with Gasteiger partial charge in [-0.05, 0) is 101 Å². The maximum absolute atomic E-state index is 8.93. The van der Waals surface area contributed by atoms with E-state index in [4.69, 9.17) is 19.8 Å². The van der Waals surface area contributed by atoms with Gasteiger partial charge in [-0.1, -0.05) is 109 Å². The van der Waals surface area contributed by atoms with Crippen LogP contribution >= 0.6 is 14.5 Å². The lowest BCUT2D eigenvalue weighted by molar-refractivity contribution is -0.345. The quantitative estimate of drug-likeness (QED) is 0.159. The van der Waals surface area contributed by atoms with Crippen molar-refractivity contribution in [2.24, 2.45) is 0 Å². The van der Waals surface area contributed by atoms with Crippen molar-refractivity contribution in [1.29, 1.82) is 0 Å². The molecule has 0 saturated carbocycles.